The molecule has 2 aromatic rings. The van der Waals surface area contributed by atoms with Crippen LogP contribution in [-0.2, 0) is 6.42 Å². The zero-order chi connectivity index (χ0) is 16.7. The molecule has 0 bridgehead atoms. The third-order valence-electron chi connectivity index (χ3n) is 4.91. The molecule has 0 radical (unpaired) electrons. The molecule has 2 aliphatic rings. The van der Waals surface area contributed by atoms with E-state index in [4.69, 9.17) is 9.52 Å². The maximum Gasteiger partial charge on any atom is 0.338 e. The first-order chi connectivity index (χ1) is 11.6. The van der Waals surface area contributed by atoms with Crippen molar-refractivity contribution in [3.63, 3.8) is 0 Å². The van der Waals surface area contributed by atoms with Crippen molar-refractivity contribution in [2.75, 3.05) is 0 Å². The lowest BCUT2D eigenvalue weighted by molar-refractivity contribution is 0.0604. The highest BCUT2D eigenvalue weighted by Crippen LogP contribution is 2.41. The van der Waals surface area contributed by atoms with E-state index in [9.17, 15) is 9.59 Å². The van der Waals surface area contributed by atoms with Crippen LogP contribution < -0.4 is 0 Å². The fourth-order valence-corrected chi connectivity index (χ4v) is 3.62. The average molecular weight is 325 g/mol. The predicted molar refractivity (Wildman–Crippen MR) is 87.0 cm³/mol. The van der Waals surface area contributed by atoms with Gasteiger partial charge >= 0.3 is 5.97 Å². The lowest BCUT2D eigenvalue weighted by Crippen LogP contribution is -2.38. The van der Waals surface area contributed by atoms with Crippen molar-refractivity contribution in [1.29, 1.82) is 0 Å². The van der Waals surface area contributed by atoms with Crippen molar-refractivity contribution in [3.05, 3.63) is 59.0 Å². The summed E-state index contributed by atoms with van der Waals surface area (Å²) < 4.78 is 5.25. The molecule has 5 nitrogen and oxygen atoms in total. The molecule has 1 amide bonds. The van der Waals surface area contributed by atoms with Gasteiger partial charge < -0.3 is 14.4 Å². The number of fused-ring (bicyclic) bond motifs is 1. The Balaban J connectivity index is 1.68. The minimum Gasteiger partial charge on any atom is -0.478 e. The minimum atomic E-state index is -1.08. The van der Waals surface area contributed by atoms with E-state index in [1.54, 1.807) is 0 Å². The second-order valence-corrected chi connectivity index (χ2v) is 6.56. The predicted octanol–water partition coefficient (Wildman–Crippen LogP) is 3.66. The van der Waals surface area contributed by atoms with E-state index < -0.39 is 5.97 Å². The van der Waals surface area contributed by atoms with Gasteiger partial charge in [-0.25, -0.2) is 4.79 Å². The number of carbonyl (C=O) groups excluding carboxylic acids is 1. The molecule has 0 aliphatic heterocycles. The van der Waals surface area contributed by atoms with E-state index in [-0.39, 0.29) is 29.3 Å². The van der Waals surface area contributed by atoms with E-state index in [1.165, 1.54) is 17.2 Å². The molecule has 1 heterocycles. The standard InChI is InChI=1S/C19H19NO4/c21-18(17-10-13(11-24-17)19(22)23)20(14-8-9-14)16-7-3-5-12-4-1-2-6-15(12)16/h1-2,4,6,10-11,14,16H,3,5,7-9H2,(H,22,23). The number of aryl methyl sites for hydroxylation is 1. The number of hydrogen-bond donors (Lipinski definition) is 1. The molecule has 5 heteroatoms. The van der Waals surface area contributed by atoms with Gasteiger partial charge in [-0.1, -0.05) is 24.3 Å². The maximum atomic E-state index is 13.0. The molecular formula is C19H19NO4. The summed E-state index contributed by atoms with van der Waals surface area (Å²) in [7, 11) is 0. The molecule has 124 valence electrons. The largest absolute Gasteiger partial charge is 0.478 e. The van der Waals surface area contributed by atoms with Crippen LogP contribution in [0.2, 0.25) is 0 Å². The Morgan fingerprint density at radius 2 is 1.96 bits per heavy atom. The van der Waals surface area contributed by atoms with Gasteiger partial charge in [0.2, 0.25) is 0 Å². The third-order valence-corrected chi connectivity index (χ3v) is 4.91. The summed E-state index contributed by atoms with van der Waals surface area (Å²) in [6.45, 7) is 0. The van der Waals surface area contributed by atoms with Crippen molar-refractivity contribution >= 4 is 11.9 Å². The number of nitrogens with zero attached hydrogens (tertiary/aromatic N) is 1. The number of hydrogen-bond acceptors (Lipinski definition) is 3. The average Bonchev–Trinajstić information content (AvgIpc) is 3.29. The first-order valence-electron chi connectivity index (χ1n) is 8.37. The van der Waals surface area contributed by atoms with Crippen LogP contribution in [0, 0.1) is 0 Å². The molecule has 1 fully saturated rings. The van der Waals surface area contributed by atoms with Crippen LogP contribution in [0.15, 0.2) is 41.0 Å². The topological polar surface area (TPSA) is 70.7 Å². The first kappa shape index (κ1) is 15.0. The summed E-state index contributed by atoms with van der Waals surface area (Å²) in [5, 5.41) is 9.03. The Labute approximate surface area is 139 Å². The van der Waals surface area contributed by atoms with Gasteiger partial charge in [0.05, 0.1) is 11.6 Å². The highest BCUT2D eigenvalue weighted by Gasteiger charge is 2.40. The highest BCUT2D eigenvalue weighted by atomic mass is 16.4. The van der Waals surface area contributed by atoms with E-state index in [2.05, 4.69) is 12.1 Å². The minimum absolute atomic E-state index is 0.0122. The molecular weight excluding hydrogens is 306 g/mol. The van der Waals surface area contributed by atoms with Gasteiger partial charge in [0, 0.05) is 12.1 Å². The Morgan fingerprint density at radius 3 is 2.67 bits per heavy atom. The van der Waals surface area contributed by atoms with Crippen LogP contribution in [0.4, 0.5) is 0 Å². The number of benzene rings is 1. The Morgan fingerprint density at radius 1 is 1.17 bits per heavy atom. The van der Waals surface area contributed by atoms with Crippen LogP contribution in [-0.4, -0.2) is 27.9 Å². The lowest BCUT2D eigenvalue weighted by Gasteiger charge is -2.35. The van der Waals surface area contributed by atoms with E-state index >= 15 is 0 Å². The van der Waals surface area contributed by atoms with Gasteiger partial charge in [0.1, 0.15) is 6.26 Å². The summed E-state index contributed by atoms with van der Waals surface area (Å²) in [5.41, 5.74) is 2.53. The van der Waals surface area contributed by atoms with Crippen molar-refractivity contribution in [3.8, 4) is 0 Å². The van der Waals surface area contributed by atoms with Crippen LogP contribution in [0.1, 0.15) is 63.8 Å². The smallest absolute Gasteiger partial charge is 0.338 e. The summed E-state index contributed by atoms with van der Waals surface area (Å²) in [4.78, 5) is 26.0. The zero-order valence-corrected chi connectivity index (χ0v) is 13.3. The third kappa shape index (κ3) is 2.60. The van der Waals surface area contributed by atoms with Crippen molar-refractivity contribution < 1.29 is 19.1 Å². The number of amides is 1. The Bertz CT molecular complexity index is 790. The summed E-state index contributed by atoms with van der Waals surface area (Å²) in [6.07, 6.45) is 6.16. The van der Waals surface area contributed by atoms with Gasteiger partial charge in [0.25, 0.3) is 5.91 Å². The van der Waals surface area contributed by atoms with Gasteiger partial charge in [0.15, 0.2) is 5.76 Å². The number of carboxylic acid groups (broad SMARTS) is 1. The molecule has 1 aromatic carbocycles. The van der Waals surface area contributed by atoms with Crippen LogP contribution in [0.3, 0.4) is 0 Å². The summed E-state index contributed by atoms with van der Waals surface area (Å²) in [6, 6.07) is 9.90. The van der Waals surface area contributed by atoms with Crippen LogP contribution >= 0.6 is 0 Å². The van der Waals surface area contributed by atoms with Crippen molar-refractivity contribution in [2.24, 2.45) is 0 Å². The molecule has 1 atom stereocenters. The monoisotopic (exact) mass is 325 g/mol. The quantitative estimate of drug-likeness (QED) is 0.931. The number of furan rings is 1. The zero-order valence-electron chi connectivity index (χ0n) is 13.3. The first-order valence-corrected chi connectivity index (χ1v) is 8.37. The van der Waals surface area contributed by atoms with Gasteiger partial charge in [-0.3, -0.25) is 4.79 Å². The molecule has 2 aliphatic carbocycles. The molecule has 24 heavy (non-hydrogen) atoms. The molecule has 0 saturated heterocycles. The lowest BCUT2D eigenvalue weighted by atomic mass is 9.86. The number of aromatic carboxylic acids is 1. The molecule has 4 rings (SSSR count). The van der Waals surface area contributed by atoms with Gasteiger partial charge in [-0.05, 0) is 43.2 Å². The van der Waals surface area contributed by atoms with E-state index in [0.717, 1.165) is 38.4 Å². The molecule has 1 saturated carbocycles. The second kappa shape index (κ2) is 5.82. The molecule has 0 spiro atoms. The summed E-state index contributed by atoms with van der Waals surface area (Å²) in [5.74, 6) is -1.17. The summed E-state index contributed by atoms with van der Waals surface area (Å²) >= 11 is 0. The number of rotatable bonds is 4. The second-order valence-electron chi connectivity index (χ2n) is 6.56. The van der Waals surface area contributed by atoms with Crippen molar-refractivity contribution in [2.45, 2.75) is 44.2 Å². The number of carbonyl (C=O) groups is 2. The van der Waals surface area contributed by atoms with Crippen LogP contribution in [0.5, 0.6) is 0 Å². The Hall–Kier alpha value is -2.56. The Kier molecular flexibility index (Phi) is 3.63. The molecule has 1 unspecified atom stereocenters. The fourth-order valence-electron chi connectivity index (χ4n) is 3.62. The number of carboxylic acids is 1. The highest BCUT2D eigenvalue weighted by molar-refractivity contribution is 5.96. The van der Waals surface area contributed by atoms with Crippen molar-refractivity contribution in [1.82, 2.24) is 4.90 Å². The van der Waals surface area contributed by atoms with Gasteiger partial charge in [-0.15, -0.1) is 0 Å². The SMILES string of the molecule is O=C(O)c1coc(C(=O)N(C2CC2)C2CCCc3ccccc32)c1. The van der Waals surface area contributed by atoms with Gasteiger partial charge in [-0.2, -0.15) is 0 Å². The van der Waals surface area contributed by atoms with Crippen LogP contribution in [0.25, 0.3) is 0 Å². The van der Waals surface area contributed by atoms with E-state index in [1.807, 2.05) is 17.0 Å². The van der Waals surface area contributed by atoms with E-state index in [0.29, 0.717) is 0 Å². The maximum absolute atomic E-state index is 13.0. The molecule has 1 aromatic heterocycles. The normalized spacial score (nSPS) is 19.6. The molecule has 1 N–H and O–H groups in total. The fraction of sp³-hybridized carbons (Fsp3) is 0.368.